The molecule has 7 rings (SSSR count). The second kappa shape index (κ2) is 15.9. The molecule has 0 bridgehead atoms. The predicted molar refractivity (Wildman–Crippen MR) is 218 cm³/mol. The van der Waals surface area contributed by atoms with E-state index in [4.69, 9.17) is 16.1 Å². The first-order valence-corrected chi connectivity index (χ1v) is 18.6. The van der Waals surface area contributed by atoms with Crippen LogP contribution in [-0.2, 0) is 9.59 Å². The van der Waals surface area contributed by atoms with Crippen molar-refractivity contribution in [2.24, 2.45) is 0 Å². The van der Waals surface area contributed by atoms with Gasteiger partial charge in [-0.3, -0.25) is 28.3 Å². The van der Waals surface area contributed by atoms with Gasteiger partial charge in [0.2, 0.25) is 11.8 Å². The second-order valence-electron chi connectivity index (χ2n) is 12.7. The number of anilines is 2. The molecule has 286 valence electrons. The Morgan fingerprint density at radius 3 is 1.62 bits per heavy atom. The topological polar surface area (TPSA) is 154 Å². The van der Waals surface area contributed by atoms with E-state index in [1.54, 1.807) is 50.5 Å². The van der Waals surface area contributed by atoms with Crippen molar-refractivity contribution in [3.63, 3.8) is 0 Å². The van der Waals surface area contributed by atoms with Gasteiger partial charge in [-0.15, -0.1) is 0 Å². The maximum Gasteiger partial charge on any atom is 0.221 e. The van der Waals surface area contributed by atoms with Gasteiger partial charge < -0.3 is 15.2 Å². The van der Waals surface area contributed by atoms with E-state index in [1.165, 1.54) is 60.9 Å². The normalized spacial score (nSPS) is 11.1. The lowest BCUT2D eigenvalue weighted by Crippen LogP contribution is -2.14. The Bertz CT molecular complexity index is 2870. The number of amides is 2. The highest BCUT2D eigenvalue weighted by molar-refractivity contribution is 9.11. The quantitative estimate of drug-likeness (QED) is 0.162. The molecule has 0 spiro atoms. The third kappa shape index (κ3) is 7.90. The van der Waals surface area contributed by atoms with E-state index in [1.807, 2.05) is 0 Å². The van der Waals surface area contributed by atoms with Crippen LogP contribution in [0.3, 0.4) is 0 Å². The highest BCUT2D eigenvalue weighted by Crippen LogP contribution is 2.33. The van der Waals surface area contributed by atoms with Crippen molar-refractivity contribution in [2.45, 2.75) is 41.5 Å². The Labute approximate surface area is 338 Å². The summed E-state index contributed by atoms with van der Waals surface area (Å²) in [5.41, 5.74) is 4.10. The van der Waals surface area contributed by atoms with Crippen molar-refractivity contribution in [3.8, 4) is 22.6 Å². The summed E-state index contributed by atoms with van der Waals surface area (Å²) < 4.78 is 38.8. The van der Waals surface area contributed by atoms with Crippen molar-refractivity contribution in [1.82, 2.24) is 24.3 Å². The largest absolute Gasteiger partial charge is 0.361 e. The van der Waals surface area contributed by atoms with Gasteiger partial charge in [-0.05, 0) is 108 Å². The third-order valence-corrected chi connectivity index (χ3v) is 10.0. The van der Waals surface area contributed by atoms with Gasteiger partial charge in [-0.25, -0.2) is 18.7 Å². The molecule has 2 aromatic carbocycles. The van der Waals surface area contributed by atoms with Crippen LogP contribution in [0.5, 0.6) is 0 Å². The number of halogens is 5. The summed E-state index contributed by atoms with van der Waals surface area (Å²) in [5, 5.41) is 10.1. The number of hydrogen-bond donors (Lipinski definition) is 2. The van der Waals surface area contributed by atoms with Crippen LogP contribution < -0.4 is 21.5 Å². The number of pyridine rings is 4. The second-order valence-corrected chi connectivity index (χ2v) is 14.8. The van der Waals surface area contributed by atoms with Crippen LogP contribution >= 0.6 is 43.5 Å². The molecule has 12 nitrogen and oxygen atoms in total. The summed E-state index contributed by atoms with van der Waals surface area (Å²) in [6.07, 6.45) is 0. The van der Waals surface area contributed by atoms with Crippen LogP contribution in [-0.4, -0.2) is 36.1 Å². The zero-order chi connectivity index (χ0) is 40.7. The van der Waals surface area contributed by atoms with Gasteiger partial charge in [-0.2, -0.15) is 0 Å². The minimum Gasteiger partial charge on any atom is -0.361 e. The number of aryl methyl sites for hydroxylation is 4. The van der Waals surface area contributed by atoms with E-state index in [0.717, 1.165) is 5.56 Å². The fourth-order valence-corrected chi connectivity index (χ4v) is 7.15. The van der Waals surface area contributed by atoms with E-state index in [2.05, 4.69) is 57.6 Å². The molecule has 0 fully saturated rings. The number of carbonyl (C=O) groups excluding carboxylic acids is 2. The van der Waals surface area contributed by atoms with E-state index in [9.17, 15) is 23.6 Å². The van der Waals surface area contributed by atoms with Crippen molar-refractivity contribution >= 4 is 88.7 Å². The lowest BCUT2D eigenvalue weighted by atomic mass is 10.1. The Hall–Kier alpha value is -5.58. The molecule has 5 aromatic heterocycles. The standard InChI is InChI=1S/C22H18BrFN4O3.C17H12BrClFN3O2/c1-10-7-20(30)14-5-6-17(21-11(2)27-31-12(21)3)26-22(14)28(10)19-9-18(25-13(4)29)15(23)8-16(19)24;1-8-5-15(25)10-3-4-16(19)22-17(10)23(8)14-7-13(21-9(2)24)11(18)6-12(14)20/h5-9H,1-4H3,(H,25,29);3-7H,1-2H3,(H,21,24). The average Bonchev–Trinajstić information content (AvgIpc) is 3.45. The number of hydrogen-bond acceptors (Lipinski definition) is 8. The van der Waals surface area contributed by atoms with Gasteiger partial charge in [-0.1, -0.05) is 16.8 Å². The summed E-state index contributed by atoms with van der Waals surface area (Å²) in [7, 11) is 0. The number of nitrogens with zero attached hydrogens (tertiary/aromatic N) is 5. The fourth-order valence-electron chi connectivity index (χ4n) is 6.18. The van der Waals surface area contributed by atoms with E-state index in [0.29, 0.717) is 59.6 Å². The van der Waals surface area contributed by atoms with Crippen LogP contribution in [0.2, 0.25) is 5.15 Å². The molecule has 0 radical (unpaired) electrons. The van der Waals surface area contributed by atoms with Crippen LogP contribution in [0.15, 0.2) is 83.7 Å². The summed E-state index contributed by atoms with van der Waals surface area (Å²) in [6.45, 7) is 9.67. The number of nitrogens with one attached hydrogen (secondary N) is 2. The van der Waals surface area contributed by atoms with E-state index < -0.39 is 11.6 Å². The smallest absolute Gasteiger partial charge is 0.221 e. The van der Waals surface area contributed by atoms with Gasteiger partial charge in [0, 0.05) is 46.3 Å². The molecule has 7 aromatic rings. The van der Waals surface area contributed by atoms with Crippen LogP contribution in [0, 0.1) is 39.3 Å². The summed E-state index contributed by atoms with van der Waals surface area (Å²) >= 11 is 12.5. The summed E-state index contributed by atoms with van der Waals surface area (Å²) in [6, 6.07) is 14.7. The molecule has 2 N–H and O–H groups in total. The van der Waals surface area contributed by atoms with Gasteiger partial charge in [0.1, 0.15) is 33.8 Å². The number of fused-ring (bicyclic) bond motifs is 2. The highest BCUT2D eigenvalue weighted by atomic mass is 79.9. The summed E-state index contributed by atoms with van der Waals surface area (Å²) in [5.74, 6) is -1.08. The third-order valence-electron chi connectivity index (χ3n) is 8.52. The first kappa shape index (κ1) is 40.1. The molecule has 0 aliphatic heterocycles. The fraction of sp³-hybridized carbons (Fsp3) is 0.154. The van der Waals surface area contributed by atoms with Crippen molar-refractivity contribution in [3.05, 3.63) is 130 Å². The van der Waals surface area contributed by atoms with Crippen LogP contribution in [0.4, 0.5) is 20.2 Å². The summed E-state index contributed by atoms with van der Waals surface area (Å²) in [4.78, 5) is 56.6. The first-order chi connectivity index (χ1) is 26.4. The molecule has 0 saturated carbocycles. The molecule has 56 heavy (non-hydrogen) atoms. The SMILES string of the molecule is CC(=O)Nc1cc(-n2c(C)cc(=O)c3ccc(-c4c(C)noc4C)nc32)c(F)cc1Br.CC(=O)Nc1cc(-n2c(C)cc(=O)c3ccc(Cl)nc32)c(F)cc1Br. The van der Waals surface area contributed by atoms with Crippen molar-refractivity contribution < 1.29 is 22.9 Å². The molecule has 17 heteroatoms. The lowest BCUT2D eigenvalue weighted by Gasteiger charge is -2.17. The molecule has 0 aliphatic carbocycles. The molecule has 0 aliphatic rings. The maximum atomic E-state index is 15.1. The van der Waals surface area contributed by atoms with Gasteiger partial charge in [0.05, 0.1) is 50.5 Å². The Morgan fingerprint density at radius 1 is 0.714 bits per heavy atom. The van der Waals surface area contributed by atoms with Crippen molar-refractivity contribution in [1.29, 1.82) is 0 Å². The number of carbonyl (C=O) groups is 2. The number of rotatable bonds is 5. The van der Waals surface area contributed by atoms with Gasteiger partial charge >= 0.3 is 0 Å². The minimum atomic E-state index is -0.546. The maximum absolute atomic E-state index is 15.1. The first-order valence-electron chi connectivity index (χ1n) is 16.6. The van der Waals surface area contributed by atoms with E-state index in [-0.39, 0.29) is 50.5 Å². The Morgan fingerprint density at radius 2 is 1.18 bits per heavy atom. The number of aromatic nitrogens is 5. The molecule has 0 saturated heterocycles. The van der Waals surface area contributed by atoms with Crippen LogP contribution in [0.25, 0.3) is 44.7 Å². The zero-order valence-corrected chi connectivity index (χ0v) is 34.4. The van der Waals surface area contributed by atoms with Gasteiger partial charge in [0.15, 0.2) is 10.9 Å². The van der Waals surface area contributed by atoms with Gasteiger partial charge in [0.25, 0.3) is 0 Å². The minimum absolute atomic E-state index is 0.143. The zero-order valence-electron chi connectivity index (χ0n) is 30.4. The highest BCUT2D eigenvalue weighted by Gasteiger charge is 2.20. The Kier molecular flexibility index (Phi) is 11.4. The molecular formula is C39H30Br2ClF2N7O5. The molecule has 5 heterocycles. The van der Waals surface area contributed by atoms with E-state index >= 15 is 4.39 Å². The predicted octanol–water partition coefficient (Wildman–Crippen LogP) is 9.03. The molecule has 0 unspecified atom stereocenters. The monoisotopic (exact) mass is 907 g/mol. The lowest BCUT2D eigenvalue weighted by molar-refractivity contribution is -0.115. The van der Waals surface area contributed by atoms with Crippen molar-refractivity contribution in [2.75, 3.05) is 10.6 Å². The molecule has 0 atom stereocenters. The molecular weight excluding hydrogens is 880 g/mol. The average molecular weight is 910 g/mol. The van der Waals surface area contributed by atoms with Crippen LogP contribution in [0.1, 0.15) is 36.7 Å². The Balaban J connectivity index is 0.000000194. The number of benzene rings is 2. The molecule has 2 amide bonds.